The zero-order valence-corrected chi connectivity index (χ0v) is 16.0. The van der Waals surface area contributed by atoms with Crippen LogP contribution in [0.15, 0.2) is 48.5 Å². The molecule has 1 aliphatic heterocycles. The molecule has 0 radical (unpaired) electrons. The van der Waals surface area contributed by atoms with Crippen molar-refractivity contribution in [3.05, 3.63) is 64.8 Å². The van der Waals surface area contributed by atoms with Crippen LogP contribution in [0.3, 0.4) is 0 Å². The molecule has 5 heteroatoms. The van der Waals surface area contributed by atoms with Crippen LogP contribution in [-0.4, -0.2) is 35.7 Å². The summed E-state index contributed by atoms with van der Waals surface area (Å²) in [4.78, 5) is 18.9. The Hall–Kier alpha value is -2.59. The maximum atomic E-state index is 12.2. The number of ether oxygens (including phenoxy) is 1. The molecule has 0 N–H and O–H groups in total. The van der Waals surface area contributed by atoms with E-state index in [4.69, 9.17) is 21.3 Å². The van der Waals surface area contributed by atoms with Crippen LogP contribution in [-0.2, 0) is 17.6 Å². The summed E-state index contributed by atoms with van der Waals surface area (Å²) in [6, 6.07) is 16.2. The van der Waals surface area contributed by atoms with Gasteiger partial charge in [-0.2, -0.15) is 0 Å². The van der Waals surface area contributed by atoms with E-state index in [0.29, 0.717) is 31.1 Å². The fourth-order valence-corrected chi connectivity index (χ4v) is 3.91. The van der Waals surface area contributed by atoms with Gasteiger partial charge >= 0.3 is 6.09 Å². The van der Waals surface area contributed by atoms with E-state index >= 15 is 0 Å². The fourth-order valence-electron chi connectivity index (χ4n) is 3.73. The summed E-state index contributed by atoms with van der Waals surface area (Å²) in [5, 5.41) is 1.75. The molecule has 1 aromatic heterocycles. The third-order valence-corrected chi connectivity index (χ3v) is 5.21. The first-order valence-electron chi connectivity index (χ1n) is 9.25. The molecule has 0 aliphatic carbocycles. The molecule has 0 fully saturated rings. The molecule has 0 atom stereocenters. The lowest BCUT2D eigenvalue weighted by Gasteiger charge is -2.19. The highest BCUT2D eigenvalue weighted by atomic mass is 35.5. The Morgan fingerprint density at radius 1 is 1.15 bits per heavy atom. The molecule has 0 saturated carbocycles. The fraction of sp³-hybridized carbons (Fsp3) is 0.273. The minimum Gasteiger partial charge on any atom is -0.450 e. The number of fused-ring (bicyclic) bond motifs is 2. The maximum Gasteiger partial charge on any atom is 0.409 e. The molecule has 3 aromatic rings. The first-order chi connectivity index (χ1) is 13.2. The zero-order valence-electron chi connectivity index (χ0n) is 15.2. The Balaban J connectivity index is 1.86. The lowest BCUT2D eigenvalue weighted by molar-refractivity contribution is 0.109. The SMILES string of the molecule is CCOC(=O)N1CCc2nc3ccc(Cl)cc3c(-c3ccccc3)c2CC1. The number of carbonyl (C=O) groups is 1. The largest absolute Gasteiger partial charge is 0.450 e. The lowest BCUT2D eigenvalue weighted by atomic mass is 9.92. The molecule has 0 spiro atoms. The number of carbonyl (C=O) groups excluding carboxylic acids is 1. The van der Waals surface area contributed by atoms with Gasteiger partial charge in [0, 0.05) is 35.6 Å². The number of benzene rings is 2. The Morgan fingerprint density at radius 3 is 2.70 bits per heavy atom. The van der Waals surface area contributed by atoms with E-state index in [1.54, 1.807) is 4.90 Å². The number of pyridine rings is 1. The molecule has 138 valence electrons. The minimum absolute atomic E-state index is 0.251. The van der Waals surface area contributed by atoms with Crippen LogP contribution in [0.5, 0.6) is 0 Å². The van der Waals surface area contributed by atoms with Crippen molar-refractivity contribution in [1.29, 1.82) is 0 Å². The molecule has 1 aliphatic rings. The van der Waals surface area contributed by atoms with E-state index in [0.717, 1.165) is 28.6 Å². The highest BCUT2D eigenvalue weighted by Crippen LogP contribution is 2.36. The van der Waals surface area contributed by atoms with E-state index in [1.165, 1.54) is 11.1 Å². The van der Waals surface area contributed by atoms with Crippen LogP contribution < -0.4 is 0 Å². The van der Waals surface area contributed by atoms with Crippen molar-refractivity contribution in [2.24, 2.45) is 0 Å². The molecule has 4 nitrogen and oxygen atoms in total. The summed E-state index contributed by atoms with van der Waals surface area (Å²) in [5.41, 5.74) is 5.50. The van der Waals surface area contributed by atoms with E-state index in [-0.39, 0.29) is 6.09 Å². The average Bonchev–Trinajstić information content (AvgIpc) is 2.89. The summed E-state index contributed by atoms with van der Waals surface area (Å²) >= 11 is 6.30. The average molecular weight is 381 g/mol. The highest BCUT2D eigenvalue weighted by molar-refractivity contribution is 6.31. The molecule has 0 unspecified atom stereocenters. The van der Waals surface area contributed by atoms with Crippen molar-refractivity contribution < 1.29 is 9.53 Å². The number of nitrogens with zero attached hydrogens (tertiary/aromatic N) is 2. The molecular weight excluding hydrogens is 360 g/mol. The van der Waals surface area contributed by atoms with Gasteiger partial charge in [-0.1, -0.05) is 41.9 Å². The smallest absolute Gasteiger partial charge is 0.409 e. The minimum atomic E-state index is -0.251. The van der Waals surface area contributed by atoms with Gasteiger partial charge in [0.15, 0.2) is 0 Å². The molecule has 1 amide bonds. The molecule has 0 saturated heterocycles. The summed E-state index contributed by atoms with van der Waals surface area (Å²) in [5.74, 6) is 0. The third-order valence-electron chi connectivity index (χ3n) is 4.97. The topological polar surface area (TPSA) is 42.4 Å². The lowest BCUT2D eigenvalue weighted by Crippen LogP contribution is -2.33. The summed E-state index contributed by atoms with van der Waals surface area (Å²) < 4.78 is 5.19. The quantitative estimate of drug-likeness (QED) is 0.620. The van der Waals surface area contributed by atoms with Gasteiger partial charge in [0.2, 0.25) is 0 Å². The monoisotopic (exact) mass is 380 g/mol. The van der Waals surface area contributed by atoms with Gasteiger partial charge in [-0.25, -0.2) is 4.79 Å². The van der Waals surface area contributed by atoms with Crippen LogP contribution in [0.25, 0.3) is 22.0 Å². The number of hydrogen-bond donors (Lipinski definition) is 0. The number of halogens is 1. The van der Waals surface area contributed by atoms with Crippen molar-refractivity contribution in [1.82, 2.24) is 9.88 Å². The summed E-state index contributed by atoms with van der Waals surface area (Å²) in [7, 11) is 0. The second kappa shape index (κ2) is 7.57. The summed E-state index contributed by atoms with van der Waals surface area (Å²) in [6.07, 6.45) is 1.21. The van der Waals surface area contributed by atoms with E-state index in [1.807, 2.05) is 43.3 Å². The number of aromatic nitrogens is 1. The summed E-state index contributed by atoms with van der Waals surface area (Å²) in [6.45, 7) is 3.46. The maximum absolute atomic E-state index is 12.2. The van der Waals surface area contributed by atoms with Crippen molar-refractivity contribution >= 4 is 28.6 Å². The molecule has 2 heterocycles. The van der Waals surface area contributed by atoms with Gasteiger partial charge in [-0.15, -0.1) is 0 Å². The molecule has 4 rings (SSSR count). The third kappa shape index (κ3) is 3.50. The van der Waals surface area contributed by atoms with Crippen molar-refractivity contribution in [2.75, 3.05) is 19.7 Å². The van der Waals surface area contributed by atoms with Crippen LogP contribution in [0, 0.1) is 0 Å². The Bertz CT molecular complexity index is 989. The molecule has 2 aromatic carbocycles. The van der Waals surface area contributed by atoms with Crippen molar-refractivity contribution in [3.8, 4) is 11.1 Å². The van der Waals surface area contributed by atoms with Gasteiger partial charge in [0.05, 0.1) is 12.1 Å². The standard InChI is InChI=1S/C22H21ClN2O2/c1-2-27-22(26)25-12-10-17-20(11-13-25)24-19-9-8-16(23)14-18(19)21(17)15-6-4-3-5-7-15/h3-9,14H,2,10-13H2,1H3. The van der Waals surface area contributed by atoms with Gasteiger partial charge < -0.3 is 9.64 Å². The Kier molecular flexibility index (Phi) is 4.99. The molecule has 27 heavy (non-hydrogen) atoms. The Labute approximate surface area is 163 Å². The number of amides is 1. The van der Waals surface area contributed by atoms with E-state index in [9.17, 15) is 4.79 Å². The van der Waals surface area contributed by atoms with Gasteiger partial charge in [0.1, 0.15) is 0 Å². The highest BCUT2D eigenvalue weighted by Gasteiger charge is 2.24. The molecular formula is C22H21ClN2O2. The van der Waals surface area contributed by atoms with Crippen LogP contribution in [0.4, 0.5) is 4.79 Å². The predicted molar refractivity (Wildman–Crippen MR) is 108 cm³/mol. The predicted octanol–water partition coefficient (Wildman–Crippen LogP) is 5.11. The first-order valence-corrected chi connectivity index (χ1v) is 9.63. The zero-order chi connectivity index (χ0) is 18.8. The van der Waals surface area contributed by atoms with Crippen molar-refractivity contribution in [2.45, 2.75) is 19.8 Å². The van der Waals surface area contributed by atoms with Gasteiger partial charge in [-0.3, -0.25) is 4.98 Å². The van der Waals surface area contributed by atoms with Crippen LogP contribution in [0.1, 0.15) is 18.2 Å². The van der Waals surface area contributed by atoms with Crippen LogP contribution >= 0.6 is 11.6 Å². The first kappa shape index (κ1) is 17.8. The van der Waals surface area contributed by atoms with Crippen LogP contribution in [0.2, 0.25) is 5.02 Å². The normalized spacial score (nSPS) is 13.9. The second-order valence-electron chi connectivity index (χ2n) is 6.63. The second-order valence-corrected chi connectivity index (χ2v) is 7.06. The van der Waals surface area contributed by atoms with Gasteiger partial charge in [-0.05, 0) is 48.2 Å². The van der Waals surface area contributed by atoms with E-state index < -0.39 is 0 Å². The Morgan fingerprint density at radius 2 is 1.93 bits per heavy atom. The number of hydrogen-bond acceptors (Lipinski definition) is 3. The molecule has 0 bridgehead atoms. The number of rotatable bonds is 2. The van der Waals surface area contributed by atoms with E-state index in [2.05, 4.69) is 12.1 Å². The van der Waals surface area contributed by atoms with Gasteiger partial charge in [0.25, 0.3) is 0 Å². The van der Waals surface area contributed by atoms with Crippen molar-refractivity contribution in [3.63, 3.8) is 0 Å².